The van der Waals surface area contributed by atoms with Gasteiger partial charge in [-0.3, -0.25) is 0 Å². The van der Waals surface area contributed by atoms with Gasteiger partial charge in [0, 0.05) is 18.4 Å². The van der Waals surface area contributed by atoms with Crippen molar-refractivity contribution in [3.8, 4) is 0 Å². The van der Waals surface area contributed by atoms with Crippen LogP contribution in [-0.2, 0) is 15.9 Å². The Labute approximate surface area is 92.1 Å². The van der Waals surface area contributed by atoms with Crippen LogP contribution in [0.4, 0.5) is 0 Å². The molecule has 0 radical (unpaired) electrons. The molecular weight excluding hydrogens is 218 g/mol. The second kappa shape index (κ2) is 4.51. The first-order valence-electron chi connectivity index (χ1n) is 4.52. The zero-order valence-electron chi connectivity index (χ0n) is 7.89. The summed E-state index contributed by atoms with van der Waals surface area (Å²) in [5.74, 6) is 0. The summed E-state index contributed by atoms with van der Waals surface area (Å²) in [5, 5.41) is 9.28. The van der Waals surface area contributed by atoms with Crippen LogP contribution in [0.3, 0.4) is 0 Å². The minimum Gasteiger partial charge on any atom is -0.455 e. The van der Waals surface area contributed by atoms with Crippen molar-refractivity contribution >= 4 is 11.6 Å². The van der Waals surface area contributed by atoms with Gasteiger partial charge in [0.15, 0.2) is 0 Å². The third kappa shape index (κ3) is 2.22. The first kappa shape index (κ1) is 10.3. The van der Waals surface area contributed by atoms with Crippen molar-refractivity contribution in [2.45, 2.75) is 12.7 Å². The third-order valence-electron chi connectivity index (χ3n) is 2.08. The molecule has 0 atom stereocenters. The average Bonchev–Trinajstić information content (AvgIpc) is 2.74. The predicted molar refractivity (Wildman–Crippen MR) is 54.1 cm³/mol. The quantitative estimate of drug-likeness (QED) is 0.800. The summed E-state index contributed by atoms with van der Waals surface area (Å²) in [7, 11) is 0. The van der Waals surface area contributed by atoms with E-state index in [1.807, 2.05) is 0 Å². The first-order chi connectivity index (χ1) is 7.31. The molecule has 1 aromatic heterocycles. The molecule has 5 heteroatoms. The van der Waals surface area contributed by atoms with Gasteiger partial charge in [0.2, 0.25) is 0 Å². The van der Waals surface area contributed by atoms with Crippen LogP contribution in [0.1, 0.15) is 17.4 Å². The molecule has 2 heterocycles. The fourth-order valence-electron chi connectivity index (χ4n) is 1.41. The van der Waals surface area contributed by atoms with Gasteiger partial charge in [-0.1, -0.05) is 11.6 Å². The van der Waals surface area contributed by atoms with Gasteiger partial charge in [-0.25, -0.2) is 4.98 Å². The molecule has 15 heavy (non-hydrogen) atoms. The number of hydrogen-bond acceptors (Lipinski definition) is 4. The number of pyridine rings is 1. The van der Waals surface area contributed by atoms with Crippen LogP contribution in [-0.4, -0.2) is 16.7 Å². The van der Waals surface area contributed by atoms with Crippen LogP contribution in [0.2, 0.25) is 5.15 Å². The molecule has 0 fully saturated rings. The van der Waals surface area contributed by atoms with Gasteiger partial charge in [0.1, 0.15) is 17.7 Å². The largest absolute Gasteiger partial charge is 0.455 e. The SMILES string of the molecule is OCCc1cnc(Cl)cc1C1OC=CO1. The maximum atomic E-state index is 8.90. The van der Waals surface area contributed by atoms with Gasteiger partial charge in [0.05, 0.1) is 0 Å². The standard InChI is InChI=1S/C10H10ClNO3/c11-9-5-8(10-14-3-4-15-10)7(1-2-13)6-12-9/h3-6,10,13H,1-2H2. The van der Waals surface area contributed by atoms with Crippen molar-refractivity contribution < 1.29 is 14.6 Å². The lowest BCUT2D eigenvalue weighted by atomic mass is 10.1. The molecule has 1 aromatic rings. The number of aliphatic hydroxyl groups is 1. The lowest BCUT2D eigenvalue weighted by molar-refractivity contribution is -0.0253. The minimum absolute atomic E-state index is 0.0520. The van der Waals surface area contributed by atoms with Crippen molar-refractivity contribution in [3.05, 3.63) is 41.1 Å². The fourth-order valence-corrected chi connectivity index (χ4v) is 1.57. The molecule has 0 spiro atoms. The molecule has 0 aromatic carbocycles. The molecule has 1 aliphatic rings. The van der Waals surface area contributed by atoms with E-state index in [2.05, 4.69) is 4.98 Å². The monoisotopic (exact) mass is 227 g/mol. The molecule has 2 rings (SSSR count). The van der Waals surface area contributed by atoms with E-state index in [0.717, 1.165) is 11.1 Å². The molecule has 1 aliphatic heterocycles. The number of ether oxygens (including phenoxy) is 2. The summed E-state index contributed by atoms with van der Waals surface area (Å²) < 4.78 is 10.4. The summed E-state index contributed by atoms with van der Waals surface area (Å²) in [6.07, 6.45) is 4.59. The highest BCUT2D eigenvalue weighted by atomic mass is 35.5. The molecule has 0 bridgehead atoms. The number of rotatable bonds is 3. The lowest BCUT2D eigenvalue weighted by Gasteiger charge is -2.14. The summed E-state index contributed by atoms with van der Waals surface area (Å²) in [5.41, 5.74) is 1.67. The van der Waals surface area contributed by atoms with Gasteiger partial charge < -0.3 is 14.6 Å². The smallest absolute Gasteiger partial charge is 0.266 e. The van der Waals surface area contributed by atoms with E-state index >= 15 is 0 Å². The van der Waals surface area contributed by atoms with Crippen molar-refractivity contribution in [3.63, 3.8) is 0 Å². The van der Waals surface area contributed by atoms with Crippen LogP contribution in [0.5, 0.6) is 0 Å². The Morgan fingerprint density at radius 2 is 2.13 bits per heavy atom. The fraction of sp³-hybridized carbons (Fsp3) is 0.300. The summed E-state index contributed by atoms with van der Waals surface area (Å²) in [4.78, 5) is 3.95. The van der Waals surface area contributed by atoms with Crippen molar-refractivity contribution in [2.24, 2.45) is 0 Å². The summed E-state index contributed by atoms with van der Waals surface area (Å²) >= 11 is 5.79. The summed E-state index contributed by atoms with van der Waals surface area (Å²) in [6.45, 7) is 0.0520. The van der Waals surface area contributed by atoms with Crippen molar-refractivity contribution in [2.75, 3.05) is 6.61 Å². The lowest BCUT2D eigenvalue weighted by Crippen LogP contribution is -2.05. The predicted octanol–water partition coefficient (Wildman–Crippen LogP) is 1.79. The average molecular weight is 228 g/mol. The number of hydrogen-bond donors (Lipinski definition) is 1. The van der Waals surface area contributed by atoms with Gasteiger partial charge in [0.25, 0.3) is 6.29 Å². The van der Waals surface area contributed by atoms with Crippen LogP contribution >= 0.6 is 11.6 Å². The molecule has 0 aliphatic carbocycles. The molecule has 0 saturated carbocycles. The molecule has 0 amide bonds. The minimum atomic E-state index is -0.480. The molecular formula is C10H10ClNO3. The van der Waals surface area contributed by atoms with E-state index in [1.54, 1.807) is 12.3 Å². The van der Waals surface area contributed by atoms with Gasteiger partial charge in [-0.2, -0.15) is 0 Å². The molecule has 4 nitrogen and oxygen atoms in total. The van der Waals surface area contributed by atoms with E-state index in [9.17, 15) is 0 Å². The van der Waals surface area contributed by atoms with E-state index in [1.165, 1.54) is 12.5 Å². The Hall–Kier alpha value is -1.26. The maximum Gasteiger partial charge on any atom is 0.266 e. The van der Waals surface area contributed by atoms with Crippen molar-refractivity contribution in [1.29, 1.82) is 0 Å². The third-order valence-corrected chi connectivity index (χ3v) is 2.29. The summed E-state index contributed by atoms with van der Waals surface area (Å²) in [6, 6.07) is 1.68. The van der Waals surface area contributed by atoms with Gasteiger partial charge >= 0.3 is 0 Å². The topological polar surface area (TPSA) is 51.6 Å². The van der Waals surface area contributed by atoms with E-state index in [4.69, 9.17) is 26.2 Å². The number of aliphatic hydroxyl groups excluding tert-OH is 1. The Morgan fingerprint density at radius 3 is 2.80 bits per heavy atom. The number of nitrogens with zero attached hydrogens (tertiary/aromatic N) is 1. The molecule has 0 unspecified atom stereocenters. The van der Waals surface area contributed by atoms with E-state index in [-0.39, 0.29) is 6.61 Å². The molecule has 1 N–H and O–H groups in total. The number of aromatic nitrogens is 1. The van der Waals surface area contributed by atoms with E-state index in [0.29, 0.717) is 11.6 Å². The highest BCUT2D eigenvalue weighted by Crippen LogP contribution is 2.28. The van der Waals surface area contributed by atoms with Crippen LogP contribution in [0.25, 0.3) is 0 Å². The normalized spacial score (nSPS) is 15.1. The zero-order chi connectivity index (χ0) is 10.7. The maximum absolute atomic E-state index is 8.90. The van der Waals surface area contributed by atoms with Crippen LogP contribution in [0, 0.1) is 0 Å². The second-order valence-corrected chi connectivity index (χ2v) is 3.44. The Bertz CT molecular complexity index is 373. The second-order valence-electron chi connectivity index (χ2n) is 3.06. The molecule has 80 valence electrons. The highest BCUT2D eigenvalue weighted by molar-refractivity contribution is 6.29. The zero-order valence-corrected chi connectivity index (χ0v) is 8.65. The Morgan fingerprint density at radius 1 is 1.40 bits per heavy atom. The van der Waals surface area contributed by atoms with Crippen LogP contribution in [0.15, 0.2) is 24.8 Å². The first-order valence-corrected chi connectivity index (χ1v) is 4.90. The van der Waals surface area contributed by atoms with Gasteiger partial charge in [-0.15, -0.1) is 0 Å². The Balaban J connectivity index is 2.29. The van der Waals surface area contributed by atoms with E-state index < -0.39 is 6.29 Å². The Kier molecular flexibility index (Phi) is 3.08. The van der Waals surface area contributed by atoms with Gasteiger partial charge in [-0.05, 0) is 18.1 Å². The highest BCUT2D eigenvalue weighted by Gasteiger charge is 2.19. The molecule has 0 saturated heterocycles. The van der Waals surface area contributed by atoms with Crippen LogP contribution < -0.4 is 0 Å². The number of halogens is 1. The van der Waals surface area contributed by atoms with Crippen molar-refractivity contribution in [1.82, 2.24) is 4.98 Å².